The van der Waals surface area contributed by atoms with Crippen LogP contribution in [0.2, 0.25) is 0 Å². The Labute approximate surface area is 237 Å². The maximum absolute atomic E-state index is 11.4. The second kappa shape index (κ2) is 9.79. The van der Waals surface area contributed by atoms with Crippen molar-refractivity contribution in [1.29, 1.82) is 0 Å². The largest absolute Gasteiger partial charge is 0.478 e. The van der Waals surface area contributed by atoms with Gasteiger partial charge in [0.15, 0.2) is 11.6 Å². The Balaban J connectivity index is 1.50. The predicted molar refractivity (Wildman–Crippen MR) is 159 cm³/mol. The molecule has 0 radical (unpaired) electrons. The lowest BCUT2D eigenvalue weighted by molar-refractivity contribution is 0.0686. The average Bonchev–Trinajstić information content (AvgIpc) is 3.80. The fourth-order valence-corrected chi connectivity index (χ4v) is 4.98. The first kappa shape index (κ1) is 24.9. The van der Waals surface area contributed by atoms with Gasteiger partial charge in [-0.3, -0.25) is 0 Å². The normalized spacial score (nSPS) is 12.0. The van der Waals surface area contributed by atoms with Gasteiger partial charge in [-0.25, -0.2) is 29.5 Å². The Morgan fingerprint density at radius 2 is 0.905 bits per heavy atom. The van der Waals surface area contributed by atoms with Crippen LogP contribution in [0.15, 0.2) is 72.8 Å². The maximum atomic E-state index is 11.4. The molecule has 10 heteroatoms. The van der Waals surface area contributed by atoms with Gasteiger partial charge in [0.2, 0.25) is 0 Å². The van der Waals surface area contributed by atoms with E-state index in [4.69, 9.17) is 19.9 Å². The number of nitrogens with zero attached hydrogens (tertiary/aromatic N) is 4. The van der Waals surface area contributed by atoms with E-state index in [-0.39, 0.29) is 11.1 Å². The lowest BCUT2D eigenvalue weighted by Gasteiger charge is -2.04. The Kier molecular flexibility index (Phi) is 5.79. The zero-order valence-electron chi connectivity index (χ0n) is 21.7. The van der Waals surface area contributed by atoms with E-state index in [1.165, 1.54) is 0 Å². The molecule has 3 aromatic heterocycles. The molecule has 8 bridgehead atoms. The minimum Gasteiger partial charge on any atom is -0.478 e. The van der Waals surface area contributed by atoms with Crippen LogP contribution in [-0.4, -0.2) is 52.1 Å². The number of aromatic nitrogens is 6. The van der Waals surface area contributed by atoms with Gasteiger partial charge in [-0.2, -0.15) is 0 Å². The van der Waals surface area contributed by atoms with Gasteiger partial charge in [-0.1, -0.05) is 24.3 Å². The van der Waals surface area contributed by atoms with Gasteiger partial charge in [0.25, 0.3) is 0 Å². The van der Waals surface area contributed by atoms with Crippen LogP contribution in [0.1, 0.15) is 43.8 Å². The van der Waals surface area contributed by atoms with Crippen molar-refractivity contribution >= 4 is 58.6 Å². The summed E-state index contributed by atoms with van der Waals surface area (Å²) < 4.78 is 0. The van der Waals surface area contributed by atoms with E-state index in [1.807, 2.05) is 48.6 Å². The lowest BCUT2D eigenvalue weighted by atomic mass is 10.0. The first-order chi connectivity index (χ1) is 20.4. The number of carboxylic acids is 2. The van der Waals surface area contributed by atoms with E-state index in [0.29, 0.717) is 34.3 Å². The topological polar surface area (TPSA) is 158 Å². The number of H-pyrrole nitrogens is 2. The second-order valence-electron chi connectivity index (χ2n) is 9.63. The number of rotatable bonds is 4. The van der Waals surface area contributed by atoms with Crippen molar-refractivity contribution in [3.8, 4) is 22.3 Å². The van der Waals surface area contributed by atoms with E-state index < -0.39 is 11.9 Å². The summed E-state index contributed by atoms with van der Waals surface area (Å²) in [6.45, 7) is 0. The number of carboxylic acid groups (broad SMARTS) is 2. The number of benzene rings is 2. The summed E-state index contributed by atoms with van der Waals surface area (Å²) in [5.41, 5.74) is 7.43. The highest BCUT2D eigenvalue weighted by molar-refractivity contribution is 5.94. The Morgan fingerprint density at radius 3 is 1.29 bits per heavy atom. The van der Waals surface area contributed by atoms with Gasteiger partial charge in [-0.15, -0.1) is 0 Å². The molecule has 202 valence electrons. The quantitative estimate of drug-likeness (QED) is 0.202. The minimum atomic E-state index is -0.998. The highest BCUT2D eigenvalue weighted by Gasteiger charge is 2.15. The van der Waals surface area contributed by atoms with E-state index >= 15 is 0 Å². The van der Waals surface area contributed by atoms with Crippen molar-refractivity contribution in [3.63, 3.8) is 0 Å². The average molecular weight is 553 g/mol. The molecule has 4 N–H and O–H groups in total. The first-order valence-electron chi connectivity index (χ1n) is 12.9. The molecule has 5 heterocycles. The number of aromatic carboxylic acids is 2. The maximum Gasteiger partial charge on any atom is 0.335 e. The molecule has 2 aliphatic rings. The molecule has 2 aromatic carbocycles. The van der Waals surface area contributed by atoms with E-state index in [2.05, 4.69) is 9.97 Å². The van der Waals surface area contributed by atoms with Crippen molar-refractivity contribution in [1.82, 2.24) is 29.9 Å². The number of hydrogen-bond donors (Lipinski definition) is 4. The third-order valence-electron chi connectivity index (χ3n) is 6.95. The zero-order chi connectivity index (χ0) is 28.8. The minimum absolute atomic E-state index is 0.190. The number of aromatic amines is 2. The molecule has 0 saturated heterocycles. The number of nitrogens with one attached hydrogen (secondary N) is 2. The van der Waals surface area contributed by atoms with Crippen LogP contribution in [0.3, 0.4) is 0 Å². The molecule has 0 atom stereocenters. The smallest absolute Gasteiger partial charge is 0.335 e. The third kappa shape index (κ3) is 4.52. The van der Waals surface area contributed by atoms with Crippen LogP contribution in [0, 0.1) is 0 Å². The van der Waals surface area contributed by atoms with Crippen LogP contribution in [0.25, 0.3) is 68.9 Å². The number of fused-ring (bicyclic) bond motifs is 8. The van der Waals surface area contributed by atoms with Crippen LogP contribution in [0.4, 0.5) is 0 Å². The van der Waals surface area contributed by atoms with E-state index in [0.717, 1.165) is 33.3 Å². The van der Waals surface area contributed by atoms with Gasteiger partial charge in [0.1, 0.15) is 11.3 Å². The summed E-state index contributed by atoms with van der Waals surface area (Å²) in [6.07, 6.45) is 7.36. The number of carbonyl (C=O) groups is 2. The van der Waals surface area contributed by atoms with Crippen molar-refractivity contribution < 1.29 is 19.8 Å². The molecule has 0 spiro atoms. The molecular weight excluding hydrogens is 532 g/mol. The molecule has 0 saturated carbocycles. The fourth-order valence-electron chi connectivity index (χ4n) is 4.98. The van der Waals surface area contributed by atoms with Crippen molar-refractivity contribution in [2.45, 2.75) is 0 Å². The van der Waals surface area contributed by atoms with Gasteiger partial charge in [-0.05, 0) is 84.0 Å². The Morgan fingerprint density at radius 1 is 0.500 bits per heavy atom. The SMILES string of the molecule is O=C(O)c1ccc(-c2c3nc(nc4ccc([nH]4)c(-c4ccc(C(=O)O)cc4)c4nc(nc5ccc2[nH]5)C=C4)C=C3)cc1. The van der Waals surface area contributed by atoms with Gasteiger partial charge in [0, 0.05) is 22.2 Å². The highest BCUT2D eigenvalue weighted by atomic mass is 16.4. The molecule has 0 aliphatic carbocycles. The van der Waals surface area contributed by atoms with Crippen LogP contribution < -0.4 is 0 Å². The van der Waals surface area contributed by atoms with E-state index in [9.17, 15) is 19.8 Å². The monoisotopic (exact) mass is 552 g/mol. The standard InChI is InChI=1S/C32H20N6O4/c39-31(40)19-5-1-17(2-6-19)29-21-9-13-25(33-21)37-27-15-11-23(35-27)30(18-3-7-20(8-4-18)32(41)42)24-12-16-28(36-24)38-26-14-10-22(29)34-26/h1-16H,(H,39,40)(H,41,42)(H,33,35,37)(H,34,36,38). The van der Waals surface area contributed by atoms with Gasteiger partial charge < -0.3 is 20.2 Å². The summed E-state index contributed by atoms with van der Waals surface area (Å²) in [7, 11) is 0. The molecule has 0 fully saturated rings. The first-order valence-corrected chi connectivity index (χ1v) is 12.9. The van der Waals surface area contributed by atoms with Crippen molar-refractivity contribution in [3.05, 3.63) is 107 Å². The summed E-state index contributed by atoms with van der Waals surface area (Å²) >= 11 is 0. The second-order valence-corrected chi connectivity index (χ2v) is 9.63. The molecule has 0 unspecified atom stereocenters. The lowest BCUT2D eigenvalue weighted by Crippen LogP contribution is -1.95. The Bertz CT molecular complexity index is 1980. The van der Waals surface area contributed by atoms with Crippen molar-refractivity contribution in [2.75, 3.05) is 0 Å². The van der Waals surface area contributed by atoms with E-state index in [1.54, 1.807) is 48.5 Å². The molecular formula is C32H20N6O4. The summed E-state index contributed by atoms with van der Waals surface area (Å²) in [4.78, 5) is 48.5. The fraction of sp³-hybridized carbons (Fsp3) is 0. The summed E-state index contributed by atoms with van der Waals surface area (Å²) in [6, 6.07) is 20.7. The summed E-state index contributed by atoms with van der Waals surface area (Å²) in [5.74, 6) is -1.02. The third-order valence-corrected chi connectivity index (χ3v) is 6.95. The molecule has 10 nitrogen and oxygen atoms in total. The zero-order valence-corrected chi connectivity index (χ0v) is 21.7. The molecule has 42 heavy (non-hydrogen) atoms. The molecule has 7 rings (SSSR count). The molecule has 2 aliphatic heterocycles. The van der Waals surface area contributed by atoms with Crippen molar-refractivity contribution in [2.24, 2.45) is 0 Å². The van der Waals surface area contributed by atoms with Crippen LogP contribution in [-0.2, 0) is 0 Å². The van der Waals surface area contributed by atoms with Crippen LogP contribution in [0.5, 0.6) is 0 Å². The highest BCUT2D eigenvalue weighted by Crippen LogP contribution is 2.31. The van der Waals surface area contributed by atoms with Crippen LogP contribution >= 0.6 is 0 Å². The summed E-state index contributed by atoms with van der Waals surface area (Å²) in [5, 5.41) is 18.7. The van der Waals surface area contributed by atoms with Gasteiger partial charge in [0.05, 0.1) is 22.5 Å². The number of hydrogen-bond acceptors (Lipinski definition) is 6. The van der Waals surface area contributed by atoms with Gasteiger partial charge >= 0.3 is 11.9 Å². The Hall–Kier alpha value is -6.16. The molecule has 5 aromatic rings. The predicted octanol–water partition coefficient (Wildman–Crippen LogP) is 6.18. The molecule has 0 amide bonds.